The minimum Gasteiger partial charge on any atom is -0.492 e. The number of aldehydes is 1. The monoisotopic (exact) mass is 430 g/mol. The van der Waals surface area contributed by atoms with E-state index >= 15 is 0 Å². The average Bonchev–Trinajstić information content (AvgIpc) is 2.66. The SMILES string of the molecule is CCCC[C@@H](CCCOc1ccc(C=O)cc1Br)Cc1ccc(C)c(C)c1. The highest BCUT2D eigenvalue weighted by Gasteiger charge is 2.11. The van der Waals surface area contributed by atoms with Gasteiger partial charge in [0.1, 0.15) is 12.0 Å². The fraction of sp³-hybridized carbons (Fsp3) is 0.458. The third-order valence-corrected chi connectivity index (χ3v) is 5.79. The summed E-state index contributed by atoms with van der Waals surface area (Å²) < 4.78 is 6.75. The number of ether oxygens (including phenoxy) is 1. The molecule has 0 bridgehead atoms. The minimum atomic E-state index is 0.655. The zero-order chi connectivity index (χ0) is 19.6. The zero-order valence-corrected chi connectivity index (χ0v) is 18.3. The van der Waals surface area contributed by atoms with Gasteiger partial charge in [0.2, 0.25) is 0 Å². The smallest absolute Gasteiger partial charge is 0.150 e. The lowest BCUT2D eigenvalue weighted by Gasteiger charge is -2.18. The van der Waals surface area contributed by atoms with Crippen molar-refractivity contribution < 1.29 is 9.53 Å². The third kappa shape index (κ3) is 7.14. The summed E-state index contributed by atoms with van der Waals surface area (Å²) in [6.07, 6.45) is 8.03. The van der Waals surface area contributed by atoms with Crippen LogP contribution < -0.4 is 4.74 Å². The van der Waals surface area contributed by atoms with Crippen molar-refractivity contribution in [1.29, 1.82) is 0 Å². The number of benzene rings is 2. The molecule has 0 fully saturated rings. The van der Waals surface area contributed by atoms with Crippen molar-refractivity contribution in [1.82, 2.24) is 0 Å². The molecule has 2 aromatic rings. The van der Waals surface area contributed by atoms with Gasteiger partial charge in [0.05, 0.1) is 11.1 Å². The second-order valence-electron chi connectivity index (χ2n) is 7.43. The third-order valence-electron chi connectivity index (χ3n) is 5.17. The number of aryl methyl sites for hydroxylation is 2. The van der Waals surface area contributed by atoms with E-state index in [-0.39, 0.29) is 0 Å². The molecule has 0 aliphatic heterocycles. The maximum atomic E-state index is 10.8. The second kappa shape index (κ2) is 11.3. The van der Waals surface area contributed by atoms with E-state index in [0.29, 0.717) is 18.1 Å². The van der Waals surface area contributed by atoms with Crippen molar-refractivity contribution in [2.24, 2.45) is 5.92 Å². The lowest BCUT2D eigenvalue weighted by molar-refractivity contribution is 0.112. The summed E-state index contributed by atoms with van der Waals surface area (Å²) in [5, 5.41) is 0. The van der Waals surface area contributed by atoms with Crippen LogP contribution in [0.2, 0.25) is 0 Å². The Morgan fingerprint density at radius 2 is 1.81 bits per heavy atom. The maximum Gasteiger partial charge on any atom is 0.150 e. The normalized spacial score (nSPS) is 12.0. The van der Waals surface area contributed by atoms with Gasteiger partial charge in [-0.15, -0.1) is 0 Å². The standard InChI is InChI=1S/C24H31BrO2/c1-4-5-7-20(15-21-10-9-18(2)19(3)14-21)8-6-13-27-24-12-11-22(17-26)16-23(24)25/h9-12,14,16-17,20H,4-8,13,15H2,1-3H3/t20-/m0/s1. The van der Waals surface area contributed by atoms with Gasteiger partial charge in [-0.3, -0.25) is 4.79 Å². The van der Waals surface area contributed by atoms with Gasteiger partial charge in [-0.2, -0.15) is 0 Å². The summed E-state index contributed by atoms with van der Waals surface area (Å²) in [4.78, 5) is 10.8. The maximum absolute atomic E-state index is 10.8. The Hall–Kier alpha value is -1.61. The largest absolute Gasteiger partial charge is 0.492 e. The van der Waals surface area contributed by atoms with Crippen LogP contribution in [0.1, 0.15) is 66.1 Å². The molecule has 27 heavy (non-hydrogen) atoms. The quantitative estimate of drug-likeness (QED) is 0.281. The van der Waals surface area contributed by atoms with E-state index in [4.69, 9.17) is 4.74 Å². The summed E-state index contributed by atoms with van der Waals surface area (Å²) >= 11 is 3.48. The Bertz CT molecular complexity index is 739. The highest BCUT2D eigenvalue weighted by Crippen LogP contribution is 2.26. The predicted molar refractivity (Wildman–Crippen MR) is 117 cm³/mol. The molecule has 2 rings (SSSR count). The van der Waals surface area contributed by atoms with Crippen LogP contribution in [0.4, 0.5) is 0 Å². The second-order valence-corrected chi connectivity index (χ2v) is 8.28. The Morgan fingerprint density at radius 3 is 2.48 bits per heavy atom. The van der Waals surface area contributed by atoms with Crippen molar-refractivity contribution in [3.8, 4) is 5.75 Å². The molecule has 0 spiro atoms. The molecule has 2 nitrogen and oxygen atoms in total. The summed E-state index contributed by atoms with van der Waals surface area (Å²) in [6, 6.07) is 12.3. The van der Waals surface area contributed by atoms with Gasteiger partial charge in [-0.05, 0) is 89.8 Å². The molecule has 0 radical (unpaired) electrons. The average molecular weight is 431 g/mol. The fourth-order valence-electron chi connectivity index (χ4n) is 3.37. The molecule has 2 aromatic carbocycles. The van der Waals surface area contributed by atoms with Crippen molar-refractivity contribution >= 4 is 22.2 Å². The van der Waals surface area contributed by atoms with Crippen LogP contribution in [0.5, 0.6) is 5.75 Å². The van der Waals surface area contributed by atoms with Gasteiger partial charge in [0.15, 0.2) is 0 Å². The van der Waals surface area contributed by atoms with Crippen molar-refractivity contribution in [2.75, 3.05) is 6.61 Å². The van der Waals surface area contributed by atoms with Gasteiger partial charge in [0, 0.05) is 5.56 Å². The Kier molecular flexibility index (Phi) is 9.06. The number of hydrogen-bond acceptors (Lipinski definition) is 2. The molecule has 1 atom stereocenters. The van der Waals surface area contributed by atoms with Gasteiger partial charge in [-0.25, -0.2) is 0 Å². The first-order chi connectivity index (χ1) is 13.0. The fourth-order valence-corrected chi connectivity index (χ4v) is 3.88. The summed E-state index contributed by atoms with van der Waals surface area (Å²) in [6.45, 7) is 7.33. The molecule has 0 saturated heterocycles. The van der Waals surface area contributed by atoms with Gasteiger partial charge >= 0.3 is 0 Å². The molecular formula is C24H31BrO2. The van der Waals surface area contributed by atoms with Crippen LogP contribution in [0.25, 0.3) is 0 Å². The van der Waals surface area contributed by atoms with E-state index in [1.54, 1.807) is 12.1 Å². The molecule has 0 heterocycles. The molecule has 0 aromatic heterocycles. The predicted octanol–water partition coefficient (Wildman–Crippen LogP) is 7.09. The van der Waals surface area contributed by atoms with Crippen LogP contribution in [0.15, 0.2) is 40.9 Å². The first-order valence-electron chi connectivity index (χ1n) is 9.97. The highest BCUT2D eigenvalue weighted by atomic mass is 79.9. The van der Waals surface area contributed by atoms with Crippen molar-refractivity contribution in [3.05, 3.63) is 63.1 Å². The van der Waals surface area contributed by atoms with Crippen molar-refractivity contribution in [2.45, 2.75) is 59.3 Å². The van der Waals surface area contributed by atoms with E-state index in [2.05, 4.69) is 54.9 Å². The number of unbranched alkanes of at least 4 members (excludes halogenated alkanes) is 1. The number of rotatable bonds is 11. The van der Waals surface area contributed by atoms with E-state index in [9.17, 15) is 4.79 Å². The molecule has 3 heteroatoms. The Labute approximate surface area is 172 Å². The summed E-state index contributed by atoms with van der Waals surface area (Å²) in [5.41, 5.74) is 4.85. The lowest BCUT2D eigenvalue weighted by Crippen LogP contribution is -2.08. The molecule has 0 unspecified atom stereocenters. The highest BCUT2D eigenvalue weighted by molar-refractivity contribution is 9.10. The van der Waals surface area contributed by atoms with Crippen molar-refractivity contribution in [3.63, 3.8) is 0 Å². The van der Waals surface area contributed by atoms with E-state index in [0.717, 1.165) is 29.4 Å². The first-order valence-corrected chi connectivity index (χ1v) is 10.8. The molecule has 0 N–H and O–H groups in total. The van der Waals surface area contributed by atoms with Crippen LogP contribution in [0, 0.1) is 19.8 Å². The number of hydrogen-bond donors (Lipinski definition) is 0. The first kappa shape index (κ1) is 21.7. The Morgan fingerprint density at radius 1 is 1.04 bits per heavy atom. The Balaban J connectivity index is 1.86. The number of halogens is 1. The molecule has 0 amide bonds. The molecule has 146 valence electrons. The van der Waals surface area contributed by atoms with E-state index < -0.39 is 0 Å². The molecule has 0 aliphatic carbocycles. The van der Waals surface area contributed by atoms with Crippen LogP contribution >= 0.6 is 15.9 Å². The summed E-state index contributed by atoms with van der Waals surface area (Å²) in [7, 11) is 0. The van der Waals surface area contributed by atoms with Crippen LogP contribution in [-0.2, 0) is 6.42 Å². The van der Waals surface area contributed by atoms with Crippen LogP contribution in [0.3, 0.4) is 0 Å². The van der Waals surface area contributed by atoms with E-state index in [1.807, 2.05) is 6.07 Å². The lowest BCUT2D eigenvalue weighted by atomic mass is 9.89. The van der Waals surface area contributed by atoms with Gasteiger partial charge < -0.3 is 4.74 Å². The summed E-state index contributed by atoms with van der Waals surface area (Å²) in [5.74, 6) is 1.51. The molecular weight excluding hydrogens is 400 g/mol. The molecule has 0 saturated carbocycles. The number of carbonyl (C=O) groups is 1. The zero-order valence-electron chi connectivity index (χ0n) is 16.8. The molecule has 0 aliphatic rings. The van der Waals surface area contributed by atoms with E-state index in [1.165, 1.54) is 42.4 Å². The van der Waals surface area contributed by atoms with Crippen LogP contribution in [-0.4, -0.2) is 12.9 Å². The van der Waals surface area contributed by atoms with Gasteiger partial charge in [0.25, 0.3) is 0 Å². The van der Waals surface area contributed by atoms with Gasteiger partial charge in [-0.1, -0.05) is 44.4 Å². The number of carbonyl (C=O) groups excluding carboxylic acids is 1. The minimum absolute atomic E-state index is 0.655. The topological polar surface area (TPSA) is 26.3 Å².